The summed E-state index contributed by atoms with van der Waals surface area (Å²) in [6.45, 7) is 2.49. The van der Waals surface area contributed by atoms with Crippen LogP contribution in [-0.4, -0.2) is 47.0 Å². The van der Waals surface area contributed by atoms with E-state index in [1.807, 2.05) is 6.92 Å². The number of amides is 2. The molecule has 1 aliphatic rings. The fraction of sp³-hybridized carbons (Fsp3) is 0.300. The van der Waals surface area contributed by atoms with Crippen molar-refractivity contribution in [1.29, 1.82) is 0 Å². The lowest BCUT2D eigenvalue weighted by molar-refractivity contribution is -0.129. The number of rotatable bonds is 5. The van der Waals surface area contributed by atoms with Gasteiger partial charge in [-0.05, 0) is 42.8 Å². The fourth-order valence-electron chi connectivity index (χ4n) is 2.99. The summed E-state index contributed by atoms with van der Waals surface area (Å²) in [6.07, 6.45) is 0. The van der Waals surface area contributed by atoms with Crippen LogP contribution in [-0.2, 0) is 4.79 Å². The zero-order valence-electron chi connectivity index (χ0n) is 15.1. The Bertz CT molecular complexity index is 844. The van der Waals surface area contributed by atoms with Crippen LogP contribution < -0.4 is 0 Å². The number of hydrogen-bond donors (Lipinski definition) is 0. The Morgan fingerprint density at radius 3 is 2.52 bits per heavy atom. The normalized spacial score (nSPS) is 19.4. The Labute approximate surface area is 161 Å². The highest BCUT2D eigenvalue weighted by atomic mass is 32.2. The van der Waals surface area contributed by atoms with Crippen molar-refractivity contribution in [2.45, 2.75) is 17.5 Å². The molecule has 2 atom stereocenters. The molecule has 0 aliphatic carbocycles. The molecule has 7 heteroatoms. The number of carbonyl (C=O) groups is 2. The Morgan fingerprint density at radius 1 is 1.15 bits per heavy atom. The molecule has 0 saturated carbocycles. The van der Waals surface area contributed by atoms with Crippen LogP contribution >= 0.6 is 11.8 Å². The second-order valence-corrected chi connectivity index (χ2v) is 7.88. The van der Waals surface area contributed by atoms with Gasteiger partial charge in [-0.15, -0.1) is 11.8 Å². The van der Waals surface area contributed by atoms with Crippen LogP contribution in [0.5, 0.6) is 0 Å². The van der Waals surface area contributed by atoms with Gasteiger partial charge in [-0.25, -0.2) is 8.78 Å². The topological polar surface area (TPSA) is 40.6 Å². The van der Waals surface area contributed by atoms with E-state index in [0.29, 0.717) is 13.1 Å². The summed E-state index contributed by atoms with van der Waals surface area (Å²) in [4.78, 5) is 28.2. The molecule has 1 heterocycles. The van der Waals surface area contributed by atoms with Gasteiger partial charge in [0.25, 0.3) is 5.91 Å². The molecular weight excluding hydrogens is 370 g/mol. The van der Waals surface area contributed by atoms with Crippen LogP contribution in [0.3, 0.4) is 0 Å². The molecule has 0 N–H and O–H groups in total. The monoisotopic (exact) mass is 390 g/mol. The number of benzene rings is 2. The lowest BCUT2D eigenvalue weighted by Crippen LogP contribution is -2.39. The van der Waals surface area contributed by atoms with Crippen molar-refractivity contribution in [2.75, 3.05) is 20.1 Å². The summed E-state index contributed by atoms with van der Waals surface area (Å²) in [5, 5.41) is -0.421. The Hall–Kier alpha value is -2.41. The first kappa shape index (κ1) is 19.4. The number of hydrogen-bond acceptors (Lipinski definition) is 3. The molecular formula is C20H20F2N2O2S. The summed E-state index contributed by atoms with van der Waals surface area (Å²) in [5.41, 5.74) is 1.11. The van der Waals surface area contributed by atoms with E-state index in [1.165, 1.54) is 47.0 Å². The van der Waals surface area contributed by atoms with E-state index in [1.54, 1.807) is 30.1 Å². The number of nitrogens with zero attached hydrogens (tertiary/aromatic N) is 2. The van der Waals surface area contributed by atoms with E-state index in [4.69, 9.17) is 0 Å². The maximum atomic E-state index is 13.3. The minimum atomic E-state index is -0.467. The quantitative estimate of drug-likeness (QED) is 0.782. The Morgan fingerprint density at radius 2 is 1.85 bits per heavy atom. The van der Waals surface area contributed by atoms with Crippen molar-refractivity contribution in [3.63, 3.8) is 0 Å². The third-order valence-corrected chi connectivity index (χ3v) is 5.89. The fourth-order valence-corrected chi connectivity index (χ4v) is 4.30. The lowest BCUT2D eigenvalue weighted by Gasteiger charge is -2.27. The zero-order valence-corrected chi connectivity index (χ0v) is 15.9. The van der Waals surface area contributed by atoms with Gasteiger partial charge in [-0.1, -0.05) is 18.2 Å². The first-order chi connectivity index (χ1) is 12.9. The van der Waals surface area contributed by atoms with Gasteiger partial charge in [0.2, 0.25) is 5.91 Å². The standard InChI is InChI=1S/C20H20F2N2O2S/c1-13-18(25)24(20(27-13)14-6-8-16(21)9-7-14)11-10-23(2)19(26)15-4-3-5-17(22)12-15/h3-9,12-13,20H,10-11H2,1-2H3/t13-,20+/m0/s1. The van der Waals surface area contributed by atoms with Gasteiger partial charge in [0.15, 0.2) is 0 Å². The highest BCUT2D eigenvalue weighted by Gasteiger charge is 2.38. The van der Waals surface area contributed by atoms with E-state index in [0.717, 1.165) is 5.56 Å². The number of halogens is 2. The van der Waals surface area contributed by atoms with Gasteiger partial charge in [0.05, 0.1) is 5.25 Å². The third kappa shape index (κ3) is 4.30. The van der Waals surface area contributed by atoms with E-state index >= 15 is 0 Å². The average Bonchev–Trinajstić information content (AvgIpc) is 2.94. The van der Waals surface area contributed by atoms with Crippen LogP contribution in [0.15, 0.2) is 48.5 Å². The molecule has 2 aromatic rings. The number of likely N-dealkylation sites (N-methyl/N-ethyl adjacent to an activating group) is 1. The molecule has 2 amide bonds. The van der Waals surface area contributed by atoms with E-state index in [9.17, 15) is 18.4 Å². The molecule has 1 aliphatic heterocycles. The molecule has 3 rings (SSSR count). The van der Waals surface area contributed by atoms with Crippen molar-refractivity contribution in [3.05, 3.63) is 71.3 Å². The molecule has 0 unspecified atom stereocenters. The van der Waals surface area contributed by atoms with Crippen LogP contribution in [0.2, 0.25) is 0 Å². The van der Waals surface area contributed by atoms with E-state index in [-0.39, 0.29) is 33.8 Å². The lowest BCUT2D eigenvalue weighted by atomic mass is 10.2. The van der Waals surface area contributed by atoms with Crippen LogP contribution in [0.4, 0.5) is 8.78 Å². The van der Waals surface area contributed by atoms with Gasteiger partial charge in [-0.2, -0.15) is 0 Å². The number of thioether (sulfide) groups is 1. The van der Waals surface area contributed by atoms with Crippen molar-refractivity contribution in [2.24, 2.45) is 0 Å². The highest BCUT2D eigenvalue weighted by Crippen LogP contribution is 2.42. The predicted molar refractivity (Wildman–Crippen MR) is 101 cm³/mol. The van der Waals surface area contributed by atoms with E-state index < -0.39 is 5.82 Å². The van der Waals surface area contributed by atoms with Crippen LogP contribution in [0, 0.1) is 11.6 Å². The minimum absolute atomic E-state index is 0.0130. The summed E-state index contributed by atoms with van der Waals surface area (Å²) in [7, 11) is 1.62. The minimum Gasteiger partial charge on any atom is -0.340 e. The second kappa shape index (κ2) is 8.08. The molecule has 0 bridgehead atoms. The first-order valence-electron chi connectivity index (χ1n) is 8.59. The smallest absolute Gasteiger partial charge is 0.253 e. The number of carbonyl (C=O) groups excluding carboxylic acids is 2. The molecule has 0 radical (unpaired) electrons. The van der Waals surface area contributed by atoms with Crippen molar-refractivity contribution in [1.82, 2.24) is 9.80 Å². The van der Waals surface area contributed by atoms with E-state index in [2.05, 4.69) is 0 Å². The molecule has 142 valence electrons. The SMILES string of the molecule is C[C@@H]1S[C@H](c2ccc(F)cc2)N(CCN(C)C(=O)c2cccc(F)c2)C1=O. The van der Waals surface area contributed by atoms with Crippen molar-refractivity contribution >= 4 is 23.6 Å². The maximum absolute atomic E-state index is 13.3. The molecule has 4 nitrogen and oxygen atoms in total. The Kier molecular flexibility index (Phi) is 5.79. The first-order valence-corrected chi connectivity index (χ1v) is 9.53. The predicted octanol–water partition coefficient (Wildman–Crippen LogP) is 3.70. The molecule has 1 saturated heterocycles. The largest absolute Gasteiger partial charge is 0.340 e. The highest BCUT2D eigenvalue weighted by molar-refractivity contribution is 8.01. The third-order valence-electron chi connectivity index (χ3n) is 4.50. The zero-order chi connectivity index (χ0) is 19.6. The Balaban J connectivity index is 1.69. The second-order valence-electron chi connectivity index (χ2n) is 6.45. The summed E-state index contributed by atoms with van der Waals surface area (Å²) >= 11 is 1.50. The average molecular weight is 390 g/mol. The molecule has 0 aromatic heterocycles. The van der Waals surface area contributed by atoms with Gasteiger partial charge in [0, 0.05) is 25.7 Å². The molecule has 27 heavy (non-hydrogen) atoms. The van der Waals surface area contributed by atoms with Gasteiger partial charge in [-0.3, -0.25) is 9.59 Å². The van der Waals surface area contributed by atoms with Crippen LogP contribution in [0.25, 0.3) is 0 Å². The summed E-state index contributed by atoms with van der Waals surface area (Å²) in [5.74, 6) is -1.11. The maximum Gasteiger partial charge on any atom is 0.253 e. The van der Waals surface area contributed by atoms with Crippen LogP contribution in [0.1, 0.15) is 28.2 Å². The van der Waals surface area contributed by atoms with Gasteiger partial charge < -0.3 is 9.80 Å². The van der Waals surface area contributed by atoms with Crippen molar-refractivity contribution < 1.29 is 18.4 Å². The van der Waals surface area contributed by atoms with Gasteiger partial charge >= 0.3 is 0 Å². The molecule has 2 aromatic carbocycles. The molecule has 1 fully saturated rings. The summed E-state index contributed by atoms with van der Waals surface area (Å²) in [6, 6.07) is 11.6. The van der Waals surface area contributed by atoms with Gasteiger partial charge in [0.1, 0.15) is 17.0 Å². The summed E-state index contributed by atoms with van der Waals surface area (Å²) < 4.78 is 26.5. The molecule has 0 spiro atoms. The van der Waals surface area contributed by atoms with Crippen molar-refractivity contribution in [3.8, 4) is 0 Å².